The van der Waals surface area contributed by atoms with Gasteiger partial charge in [0.2, 0.25) is 0 Å². The maximum atomic E-state index is 11.9. The van der Waals surface area contributed by atoms with Crippen LogP contribution >= 0.6 is 21.8 Å². The molecular formula is C11H11NO2S2. The quantitative estimate of drug-likeness (QED) is 0.358. The van der Waals surface area contributed by atoms with Gasteiger partial charge in [-0.05, 0) is 18.6 Å². The van der Waals surface area contributed by atoms with E-state index in [9.17, 15) is 9.59 Å². The molecule has 1 aromatic carbocycles. The Bertz CT molecular complexity index is 399. The highest BCUT2D eigenvalue weighted by molar-refractivity contribution is 8.76. The Morgan fingerprint density at radius 3 is 2.19 bits per heavy atom. The molecule has 0 unspecified atom stereocenters. The van der Waals surface area contributed by atoms with Gasteiger partial charge >= 0.3 is 0 Å². The Labute approximate surface area is 102 Å². The molecule has 0 fully saturated rings. The molecule has 0 saturated carbocycles. The molecule has 2 amide bonds. The number of amides is 2. The summed E-state index contributed by atoms with van der Waals surface area (Å²) >= 11 is 0. The van der Waals surface area contributed by atoms with Crippen molar-refractivity contribution in [1.29, 1.82) is 0 Å². The van der Waals surface area contributed by atoms with Crippen LogP contribution in [0.15, 0.2) is 24.3 Å². The minimum atomic E-state index is -0.200. The van der Waals surface area contributed by atoms with Crippen molar-refractivity contribution in [3.05, 3.63) is 35.4 Å². The van der Waals surface area contributed by atoms with Crippen molar-refractivity contribution in [2.75, 3.05) is 5.75 Å². The minimum Gasteiger partial charge on any atom is -0.268 e. The van der Waals surface area contributed by atoms with Crippen molar-refractivity contribution in [2.24, 2.45) is 0 Å². The number of hydrogen-bond acceptors (Lipinski definition) is 4. The molecule has 1 heterocycles. The maximum absolute atomic E-state index is 11.9. The standard InChI is InChI=1S/C11H11NO2S2/c1-2-7-15-16-12-10(13)8-5-3-4-6-9(8)11(12)14/h3-6H,2,7H2,1H3. The number of hydrogen-bond donors (Lipinski definition) is 0. The summed E-state index contributed by atoms with van der Waals surface area (Å²) < 4.78 is 1.24. The molecule has 84 valence electrons. The molecule has 2 rings (SSSR count). The van der Waals surface area contributed by atoms with E-state index in [0.29, 0.717) is 11.1 Å². The summed E-state index contributed by atoms with van der Waals surface area (Å²) in [6.45, 7) is 2.07. The Morgan fingerprint density at radius 1 is 1.12 bits per heavy atom. The Kier molecular flexibility index (Phi) is 3.56. The van der Waals surface area contributed by atoms with E-state index in [1.54, 1.807) is 24.3 Å². The largest absolute Gasteiger partial charge is 0.272 e. The third-order valence-electron chi connectivity index (χ3n) is 2.17. The van der Waals surface area contributed by atoms with Crippen molar-refractivity contribution in [3.8, 4) is 0 Å². The molecule has 0 N–H and O–H groups in total. The first-order valence-electron chi connectivity index (χ1n) is 5.03. The van der Waals surface area contributed by atoms with Crippen LogP contribution in [-0.4, -0.2) is 21.9 Å². The van der Waals surface area contributed by atoms with Crippen molar-refractivity contribution >= 4 is 33.6 Å². The minimum absolute atomic E-state index is 0.200. The van der Waals surface area contributed by atoms with E-state index in [1.165, 1.54) is 26.1 Å². The van der Waals surface area contributed by atoms with E-state index in [4.69, 9.17) is 0 Å². The lowest BCUT2D eigenvalue weighted by atomic mass is 10.1. The molecule has 0 saturated heterocycles. The second-order valence-electron chi connectivity index (χ2n) is 3.35. The molecule has 1 aliphatic heterocycles. The molecular weight excluding hydrogens is 242 g/mol. The monoisotopic (exact) mass is 253 g/mol. The second kappa shape index (κ2) is 4.93. The summed E-state index contributed by atoms with van der Waals surface area (Å²) in [4.78, 5) is 23.7. The van der Waals surface area contributed by atoms with Crippen LogP contribution in [0.25, 0.3) is 0 Å². The Hall–Kier alpha value is -0.940. The SMILES string of the molecule is CCCSSN1C(=O)c2ccccc2C1=O. The third kappa shape index (κ3) is 1.97. The molecule has 1 aliphatic rings. The lowest BCUT2D eigenvalue weighted by molar-refractivity contribution is 0.0779. The van der Waals surface area contributed by atoms with Crippen LogP contribution in [0.1, 0.15) is 34.1 Å². The zero-order valence-electron chi connectivity index (χ0n) is 8.80. The second-order valence-corrected chi connectivity index (χ2v) is 5.66. The highest BCUT2D eigenvalue weighted by Crippen LogP contribution is 2.34. The predicted molar refractivity (Wildman–Crippen MR) is 67.3 cm³/mol. The summed E-state index contributed by atoms with van der Waals surface area (Å²) in [7, 11) is 2.76. The number of imide groups is 1. The summed E-state index contributed by atoms with van der Waals surface area (Å²) in [5.41, 5.74) is 1.02. The molecule has 0 bridgehead atoms. The van der Waals surface area contributed by atoms with Gasteiger partial charge in [-0.15, -0.1) is 0 Å². The van der Waals surface area contributed by atoms with Crippen LogP contribution in [0.2, 0.25) is 0 Å². The van der Waals surface area contributed by atoms with E-state index in [1.807, 2.05) is 0 Å². The average Bonchev–Trinajstić information content (AvgIpc) is 2.55. The van der Waals surface area contributed by atoms with E-state index in [0.717, 1.165) is 12.2 Å². The predicted octanol–water partition coefficient (Wildman–Crippen LogP) is 2.99. The molecule has 0 radical (unpaired) electrons. The summed E-state index contributed by atoms with van der Waals surface area (Å²) in [6.07, 6.45) is 1.03. The molecule has 1 aromatic rings. The summed E-state index contributed by atoms with van der Waals surface area (Å²) in [5, 5.41) is 0. The topological polar surface area (TPSA) is 37.4 Å². The highest BCUT2D eigenvalue weighted by Gasteiger charge is 2.35. The number of rotatable bonds is 4. The lowest BCUT2D eigenvalue weighted by Crippen LogP contribution is -2.20. The number of carbonyl (C=O) groups is 2. The fourth-order valence-corrected chi connectivity index (χ4v) is 3.53. The van der Waals surface area contributed by atoms with Gasteiger partial charge < -0.3 is 0 Å². The van der Waals surface area contributed by atoms with Gasteiger partial charge in [-0.25, -0.2) is 4.31 Å². The van der Waals surface area contributed by atoms with Crippen molar-refractivity contribution < 1.29 is 9.59 Å². The van der Waals surface area contributed by atoms with Crippen LogP contribution in [0.5, 0.6) is 0 Å². The fraction of sp³-hybridized carbons (Fsp3) is 0.273. The normalized spacial score (nSPS) is 14.4. The van der Waals surface area contributed by atoms with Crippen molar-refractivity contribution in [3.63, 3.8) is 0 Å². The van der Waals surface area contributed by atoms with Crippen LogP contribution < -0.4 is 0 Å². The van der Waals surface area contributed by atoms with Crippen LogP contribution in [-0.2, 0) is 0 Å². The number of carbonyl (C=O) groups excluding carboxylic acids is 2. The van der Waals surface area contributed by atoms with Gasteiger partial charge in [-0.2, -0.15) is 0 Å². The Morgan fingerprint density at radius 2 is 1.69 bits per heavy atom. The van der Waals surface area contributed by atoms with Crippen molar-refractivity contribution in [2.45, 2.75) is 13.3 Å². The van der Waals surface area contributed by atoms with Gasteiger partial charge in [0.1, 0.15) is 0 Å². The van der Waals surface area contributed by atoms with E-state index in [-0.39, 0.29) is 11.8 Å². The maximum Gasteiger partial charge on any atom is 0.272 e. The van der Waals surface area contributed by atoms with Gasteiger partial charge in [0.15, 0.2) is 0 Å². The third-order valence-corrected chi connectivity index (χ3v) is 4.60. The first-order chi connectivity index (χ1) is 7.75. The van der Waals surface area contributed by atoms with Gasteiger partial charge in [0, 0.05) is 16.7 Å². The number of benzene rings is 1. The van der Waals surface area contributed by atoms with Crippen molar-refractivity contribution in [1.82, 2.24) is 4.31 Å². The number of nitrogens with zero attached hydrogens (tertiary/aromatic N) is 1. The molecule has 0 aromatic heterocycles. The van der Waals surface area contributed by atoms with E-state index < -0.39 is 0 Å². The van der Waals surface area contributed by atoms with Crippen LogP contribution in [0.4, 0.5) is 0 Å². The molecule has 0 atom stereocenters. The molecule has 5 heteroatoms. The molecule has 16 heavy (non-hydrogen) atoms. The van der Waals surface area contributed by atoms with Gasteiger partial charge in [-0.3, -0.25) is 9.59 Å². The van der Waals surface area contributed by atoms with Gasteiger partial charge in [0.25, 0.3) is 11.8 Å². The average molecular weight is 253 g/mol. The van der Waals surface area contributed by atoms with E-state index >= 15 is 0 Å². The van der Waals surface area contributed by atoms with Gasteiger partial charge in [0.05, 0.1) is 11.1 Å². The molecule has 0 spiro atoms. The summed E-state index contributed by atoms with van der Waals surface area (Å²) in [5.74, 6) is 0.529. The molecule has 0 aliphatic carbocycles. The first kappa shape index (κ1) is 11.5. The fourth-order valence-electron chi connectivity index (χ4n) is 1.41. The highest BCUT2D eigenvalue weighted by atomic mass is 33.1. The zero-order chi connectivity index (χ0) is 11.5. The van der Waals surface area contributed by atoms with Crippen LogP contribution in [0, 0.1) is 0 Å². The molecule has 3 nitrogen and oxygen atoms in total. The smallest absolute Gasteiger partial charge is 0.268 e. The van der Waals surface area contributed by atoms with Gasteiger partial charge in [-0.1, -0.05) is 29.9 Å². The Balaban J connectivity index is 2.15. The zero-order valence-corrected chi connectivity index (χ0v) is 10.4. The first-order valence-corrected chi connectivity index (χ1v) is 7.30. The van der Waals surface area contributed by atoms with Crippen LogP contribution in [0.3, 0.4) is 0 Å². The van der Waals surface area contributed by atoms with E-state index in [2.05, 4.69) is 6.92 Å². The summed E-state index contributed by atoms with van der Waals surface area (Å²) in [6, 6.07) is 6.94. The lowest BCUT2D eigenvalue weighted by Gasteiger charge is -2.10. The number of fused-ring (bicyclic) bond motifs is 1.